The SMILES string of the molecule is O=C1CCc2c(c3ccc(C(=O)O)cc3n2Cc2cc3c(cc2Cl)OCO3)C1. The van der Waals surface area contributed by atoms with Crippen LogP contribution in [-0.2, 0) is 24.2 Å². The van der Waals surface area contributed by atoms with Gasteiger partial charge in [-0.3, -0.25) is 4.79 Å². The number of hydrogen-bond acceptors (Lipinski definition) is 4. The average Bonchev–Trinajstić information content (AvgIpc) is 3.24. The highest BCUT2D eigenvalue weighted by atomic mass is 35.5. The zero-order chi connectivity index (χ0) is 19.4. The lowest BCUT2D eigenvalue weighted by Gasteiger charge is -2.16. The van der Waals surface area contributed by atoms with Crippen molar-refractivity contribution >= 4 is 34.3 Å². The van der Waals surface area contributed by atoms with Crippen LogP contribution in [0.1, 0.15) is 33.6 Å². The third kappa shape index (κ3) is 2.64. The molecule has 0 saturated heterocycles. The number of carboxylic acids is 1. The Morgan fingerprint density at radius 2 is 1.93 bits per heavy atom. The van der Waals surface area contributed by atoms with Crippen LogP contribution in [0.15, 0.2) is 30.3 Å². The first-order valence-corrected chi connectivity index (χ1v) is 9.36. The molecule has 0 spiro atoms. The van der Waals surface area contributed by atoms with Gasteiger partial charge in [0.05, 0.1) is 5.56 Å². The van der Waals surface area contributed by atoms with Crippen molar-refractivity contribution in [3.8, 4) is 11.5 Å². The first-order valence-electron chi connectivity index (χ1n) is 8.98. The van der Waals surface area contributed by atoms with Crippen LogP contribution < -0.4 is 9.47 Å². The van der Waals surface area contributed by atoms with E-state index in [9.17, 15) is 14.7 Å². The fraction of sp³-hybridized carbons (Fsp3) is 0.238. The molecule has 1 aromatic heterocycles. The summed E-state index contributed by atoms with van der Waals surface area (Å²) in [6, 6.07) is 8.65. The van der Waals surface area contributed by atoms with Gasteiger partial charge in [0.1, 0.15) is 5.78 Å². The first-order chi connectivity index (χ1) is 13.5. The van der Waals surface area contributed by atoms with Gasteiger partial charge in [-0.25, -0.2) is 4.79 Å². The van der Waals surface area contributed by atoms with Crippen LogP contribution in [0.5, 0.6) is 11.5 Å². The number of nitrogens with zero attached hydrogens (tertiary/aromatic N) is 1. The molecule has 0 fully saturated rings. The molecule has 0 atom stereocenters. The van der Waals surface area contributed by atoms with Gasteiger partial charge in [-0.2, -0.15) is 0 Å². The maximum Gasteiger partial charge on any atom is 0.335 e. The number of rotatable bonds is 3. The molecular formula is C21H16ClNO5. The molecule has 2 aromatic carbocycles. The first kappa shape index (κ1) is 17.1. The van der Waals surface area contributed by atoms with Crippen molar-refractivity contribution in [3.63, 3.8) is 0 Å². The minimum absolute atomic E-state index is 0.168. The molecule has 28 heavy (non-hydrogen) atoms. The monoisotopic (exact) mass is 397 g/mol. The number of aromatic carboxylic acids is 1. The second kappa shape index (κ2) is 6.27. The van der Waals surface area contributed by atoms with E-state index in [-0.39, 0.29) is 18.1 Å². The fourth-order valence-electron chi connectivity index (χ4n) is 4.06. The number of halogens is 1. The fourth-order valence-corrected chi connectivity index (χ4v) is 4.28. The predicted molar refractivity (Wildman–Crippen MR) is 103 cm³/mol. The minimum Gasteiger partial charge on any atom is -0.478 e. The van der Waals surface area contributed by atoms with E-state index in [4.69, 9.17) is 21.1 Å². The van der Waals surface area contributed by atoms with E-state index in [2.05, 4.69) is 4.57 Å². The number of fused-ring (bicyclic) bond motifs is 4. The largest absolute Gasteiger partial charge is 0.478 e. The van der Waals surface area contributed by atoms with E-state index in [0.29, 0.717) is 42.3 Å². The molecule has 2 heterocycles. The lowest BCUT2D eigenvalue weighted by Crippen LogP contribution is -2.16. The second-order valence-electron chi connectivity index (χ2n) is 7.06. The summed E-state index contributed by atoms with van der Waals surface area (Å²) >= 11 is 6.47. The summed E-state index contributed by atoms with van der Waals surface area (Å²) in [5, 5.41) is 10.9. The summed E-state index contributed by atoms with van der Waals surface area (Å²) in [5.41, 5.74) is 3.91. The molecule has 0 amide bonds. The molecule has 0 saturated carbocycles. The molecule has 1 aliphatic carbocycles. The Kier molecular flexibility index (Phi) is 3.84. The number of hydrogen-bond donors (Lipinski definition) is 1. The van der Waals surface area contributed by atoms with Gasteiger partial charge in [-0.05, 0) is 35.7 Å². The van der Waals surface area contributed by atoms with Crippen LogP contribution in [-0.4, -0.2) is 28.2 Å². The van der Waals surface area contributed by atoms with Gasteiger partial charge < -0.3 is 19.1 Å². The van der Waals surface area contributed by atoms with Crippen molar-refractivity contribution in [1.82, 2.24) is 4.57 Å². The van der Waals surface area contributed by atoms with Gasteiger partial charge in [-0.1, -0.05) is 17.7 Å². The number of carbonyl (C=O) groups excluding carboxylic acids is 1. The Morgan fingerprint density at radius 3 is 2.71 bits per heavy atom. The number of ether oxygens (including phenoxy) is 2. The Morgan fingerprint density at radius 1 is 1.14 bits per heavy atom. The normalized spacial score (nSPS) is 15.1. The molecule has 142 valence electrons. The Labute approximate surface area is 165 Å². The van der Waals surface area contributed by atoms with Crippen molar-refractivity contribution in [2.75, 3.05) is 6.79 Å². The van der Waals surface area contributed by atoms with Crippen molar-refractivity contribution in [3.05, 3.63) is 57.7 Å². The standard InChI is InChI=1S/C21H16ClNO5/c22-16-8-20-19(27-10-28-20)6-12(16)9-23-17-4-2-13(24)7-15(17)14-3-1-11(21(25)26)5-18(14)23/h1,3,5-6,8H,2,4,7,9-10H2,(H,25,26). The summed E-state index contributed by atoms with van der Waals surface area (Å²) in [5.74, 6) is 0.484. The van der Waals surface area contributed by atoms with Gasteiger partial charge in [0.25, 0.3) is 0 Å². The maximum absolute atomic E-state index is 12.0. The Bertz CT molecular complexity index is 1160. The lowest BCUT2D eigenvalue weighted by atomic mass is 9.94. The molecule has 1 aliphatic heterocycles. The molecule has 5 rings (SSSR count). The summed E-state index contributed by atoms with van der Waals surface area (Å²) in [6.45, 7) is 0.625. The average molecular weight is 398 g/mol. The zero-order valence-electron chi connectivity index (χ0n) is 14.8. The zero-order valence-corrected chi connectivity index (χ0v) is 15.6. The number of benzene rings is 2. The molecular weight excluding hydrogens is 382 g/mol. The molecule has 3 aromatic rings. The van der Waals surface area contributed by atoms with Crippen molar-refractivity contribution in [2.24, 2.45) is 0 Å². The number of Topliss-reactive ketones (excluding diaryl/α,β-unsaturated/α-hetero) is 1. The Hall–Kier alpha value is -2.99. The summed E-state index contributed by atoms with van der Waals surface area (Å²) < 4.78 is 12.9. The second-order valence-corrected chi connectivity index (χ2v) is 7.47. The molecule has 0 bridgehead atoms. The van der Waals surface area contributed by atoms with E-state index in [0.717, 1.165) is 27.7 Å². The van der Waals surface area contributed by atoms with Crippen LogP contribution in [0.4, 0.5) is 0 Å². The van der Waals surface area contributed by atoms with E-state index in [1.54, 1.807) is 24.3 Å². The number of carbonyl (C=O) groups is 2. The highest BCUT2D eigenvalue weighted by molar-refractivity contribution is 6.31. The van der Waals surface area contributed by atoms with Gasteiger partial charge >= 0.3 is 5.97 Å². The van der Waals surface area contributed by atoms with E-state index in [1.807, 2.05) is 6.07 Å². The molecule has 1 N–H and O–H groups in total. The number of ketones is 1. The van der Waals surface area contributed by atoms with Gasteiger partial charge in [0.2, 0.25) is 6.79 Å². The maximum atomic E-state index is 12.0. The van der Waals surface area contributed by atoms with Crippen LogP contribution in [0, 0.1) is 0 Å². The predicted octanol–water partition coefficient (Wildman–Crippen LogP) is 3.83. The minimum atomic E-state index is -0.982. The summed E-state index contributed by atoms with van der Waals surface area (Å²) in [7, 11) is 0. The smallest absolute Gasteiger partial charge is 0.335 e. The number of carboxylic acid groups (broad SMARTS) is 1. The van der Waals surface area contributed by atoms with Crippen LogP contribution in [0.25, 0.3) is 10.9 Å². The van der Waals surface area contributed by atoms with Gasteiger partial charge in [0, 0.05) is 47.1 Å². The van der Waals surface area contributed by atoms with Crippen molar-refractivity contribution in [2.45, 2.75) is 25.8 Å². The van der Waals surface area contributed by atoms with Gasteiger partial charge in [0.15, 0.2) is 11.5 Å². The molecule has 0 unspecified atom stereocenters. The summed E-state index contributed by atoms with van der Waals surface area (Å²) in [4.78, 5) is 23.5. The molecule has 2 aliphatic rings. The van der Waals surface area contributed by atoms with Crippen molar-refractivity contribution < 1.29 is 24.2 Å². The topological polar surface area (TPSA) is 77.8 Å². The van der Waals surface area contributed by atoms with Crippen LogP contribution >= 0.6 is 11.6 Å². The van der Waals surface area contributed by atoms with Crippen molar-refractivity contribution in [1.29, 1.82) is 0 Å². The lowest BCUT2D eigenvalue weighted by molar-refractivity contribution is -0.118. The highest BCUT2D eigenvalue weighted by Crippen LogP contribution is 2.38. The third-order valence-corrected chi connectivity index (χ3v) is 5.77. The number of aromatic nitrogens is 1. The highest BCUT2D eigenvalue weighted by Gasteiger charge is 2.25. The molecule has 7 heteroatoms. The van der Waals surface area contributed by atoms with Gasteiger partial charge in [-0.15, -0.1) is 0 Å². The van der Waals surface area contributed by atoms with Crippen LogP contribution in [0.2, 0.25) is 5.02 Å². The van der Waals surface area contributed by atoms with E-state index in [1.165, 1.54) is 0 Å². The molecule has 6 nitrogen and oxygen atoms in total. The quantitative estimate of drug-likeness (QED) is 0.726. The van der Waals surface area contributed by atoms with E-state index < -0.39 is 5.97 Å². The third-order valence-electron chi connectivity index (χ3n) is 5.42. The van der Waals surface area contributed by atoms with E-state index >= 15 is 0 Å². The summed E-state index contributed by atoms with van der Waals surface area (Å²) in [6.07, 6.45) is 1.50. The van der Waals surface area contributed by atoms with Crippen LogP contribution in [0.3, 0.4) is 0 Å². The molecule has 0 radical (unpaired) electrons. The Balaban J connectivity index is 1.69.